The first-order valence-corrected chi connectivity index (χ1v) is 7.02. The lowest BCUT2D eigenvalue weighted by Gasteiger charge is -2.11. The van der Waals surface area contributed by atoms with Crippen LogP contribution in [0.4, 0.5) is 11.4 Å². The predicted octanol–water partition coefficient (Wildman–Crippen LogP) is 2.76. The molecular weight excluding hydrogens is 252 g/mol. The van der Waals surface area contributed by atoms with E-state index in [2.05, 4.69) is 17.3 Å². The van der Waals surface area contributed by atoms with Gasteiger partial charge in [-0.05, 0) is 25.0 Å². The fourth-order valence-corrected chi connectivity index (χ4v) is 1.93. The Morgan fingerprint density at radius 3 is 3.00 bits per heavy atom. The number of ether oxygens (including phenoxy) is 1. The van der Waals surface area contributed by atoms with Gasteiger partial charge in [0.2, 0.25) is 0 Å². The molecule has 1 heterocycles. The van der Waals surface area contributed by atoms with Crippen LogP contribution >= 0.6 is 0 Å². The SMILES string of the molecule is CCCOc1cc(N)cc(NCCCn2cccn2)c1. The van der Waals surface area contributed by atoms with Crippen molar-refractivity contribution in [1.82, 2.24) is 9.78 Å². The summed E-state index contributed by atoms with van der Waals surface area (Å²) in [6.07, 6.45) is 5.75. The first kappa shape index (κ1) is 14.2. The third-order valence-electron chi connectivity index (χ3n) is 2.85. The third-order valence-corrected chi connectivity index (χ3v) is 2.85. The highest BCUT2D eigenvalue weighted by molar-refractivity contribution is 5.59. The zero-order valence-corrected chi connectivity index (χ0v) is 11.9. The molecule has 0 unspecified atom stereocenters. The Kier molecular flexibility index (Phi) is 5.29. The van der Waals surface area contributed by atoms with Crippen LogP contribution in [0.15, 0.2) is 36.7 Å². The largest absolute Gasteiger partial charge is 0.493 e. The van der Waals surface area contributed by atoms with Gasteiger partial charge in [0.1, 0.15) is 5.75 Å². The summed E-state index contributed by atoms with van der Waals surface area (Å²) in [5.41, 5.74) is 7.59. The second-order valence-corrected chi connectivity index (χ2v) is 4.69. The van der Waals surface area contributed by atoms with E-state index < -0.39 is 0 Å². The molecule has 5 heteroatoms. The molecule has 0 bridgehead atoms. The zero-order valence-electron chi connectivity index (χ0n) is 11.9. The Balaban J connectivity index is 1.80. The van der Waals surface area contributed by atoms with E-state index in [1.54, 1.807) is 6.20 Å². The summed E-state index contributed by atoms with van der Waals surface area (Å²) in [6.45, 7) is 4.57. The summed E-state index contributed by atoms with van der Waals surface area (Å²) in [6, 6.07) is 7.69. The van der Waals surface area contributed by atoms with E-state index in [4.69, 9.17) is 10.5 Å². The van der Waals surface area contributed by atoms with Crippen LogP contribution in [-0.2, 0) is 6.54 Å². The van der Waals surface area contributed by atoms with Gasteiger partial charge in [-0.2, -0.15) is 5.10 Å². The van der Waals surface area contributed by atoms with Gasteiger partial charge < -0.3 is 15.8 Å². The molecule has 0 aliphatic rings. The molecule has 0 aliphatic carbocycles. The highest BCUT2D eigenvalue weighted by Gasteiger charge is 2.00. The standard InChI is InChI=1S/C15H22N4O/c1-2-9-20-15-11-13(16)10-14(12-15)17-5-3-7-19-8-4-6-18-19/h4,6,8,10-12,17H,2-3,5,7,9,16H2,1H3. The Hall–Kier alpha value is -2.17. The minimum atomic E-state index is 0.711. The summed E-state index contributed by atoms with van der Waals surface area (Å²) in [5.74, 6) is 0.821. The van der Waals surface area contributed by atoms with Gasteiger partial charge in [-0.1, -0.05) is 6.92 Å². The lowest BCUT2D eigenvalue weighted by molar-refractivity contribution is 0.318. The van der Waals surface area contributed by atoms with Crippen LogP contribution in [0, 0.1) is 0 Å². The van der Waals surface area contributed by atoms with Crippen LogP contribution < -0.4 is 15.8 Å². The highest BCUT2D eigenvalue weighted by Crippen LogP contribution is 2.22. The van der Waals surface area contributed by atoms with E-state index >= 15 is 0 Å². The molecule has 20 heavy (non-hydrogen) atoms. The van der Waals surface area contributed by atoms with E-state index in [1.165, 1.54) is 0 Å². The molecule has 2 aromatic rings. The molecule has 5 nitrogen and oxygen atoms in total. The molecule has 1 aromatic heterocycles. The molecule has 3 N–H and O–H groups in total. The van der Waals surface area contributed by atoms with Crippen LogP contribution in [0.1, 0.15) is 19.8 Å². The van der Waals surface area contributed by atoms with Gasteiger partial charge in [-0.3, -0.25) is 4.68 Å². The fraction of sp³-hybridized carbons (Fsp3) is 0.400. The van der Waals surface area contributed by atoms with Gasteiger partial charge in [0.15, 0.2) is 0 Å². The van der Waals surface area contributed by atoms with Crippen molar-refractivity contribution < 1.29 is 4.74 Å². The van der Waals surface area contributed by atoms with Crippen molar-refractivity contribution in [2.45, 2.75) is 26.3 Å². The average Bonchev–Trinajstić information content (AvgIpc) is 2.94. The first-order chi connectivity index (χ1) is 9.78. The lowest BCUT2D eigenvalue weighted by atomic mass is 10.2. The summed E-state index contributed by atoms with van der Waals surface area (Å²) in [5, 5.41) is 7.54. The van der Waals surface area contributed by atoms with Gasteiger partial charge in [-0.15, -0.1) is 0 Å². The van der Waals surface area contributed by atoms with Crippen molar-refractivity contribution >= 4 is 11.4 Å². The molecular formula is C15H22N4O. The van der Waals surface area contributed by atoms with Crippen LogP contribution in [0.5, 0.6) is 5.75 Å². The predicted molar refractivity (Wildman–Crippen MR) is 82.0 cm³/mol. The number of hydrogen-bond acceptors (Lipinski definition) is 4. The van der Waals surface area contributed by atoms with Crippen molar-refractivity contribution in [2.24, 2.45) is 0 Å². The smallest absolute Gasteiger partial charge is 0.123 e. The Bertz CT molecular complexity index is 511. The number of nitrogens with two attached hydrogens (primary N) is 1. The van der Waals surface area contributed by atoms with E-state index in [0.717, 1.165) is 37.4 Å². The number of rotatable bonds is 8. The number of benzene rings is 1. The molecule has 0 aliphatic heterocycles. The van der Waals surface area contributed by atoms with Crippen molar-refractivity contribution in [2.75, 3.05) is 24.2 Å². The van der Waals surface area contributed by atoms with Crippen molar-refractivity contribution in [3.05, 3.63) is 36.7 Å². The minimum absolute atomic E-state index is 0.711. The summed E-state index contributed by atoms with van der Waals surface area (Å²) in [7, 11) is 0. The number of anilines is 2. The van der Waals surface area contributed by atoms with E-state index in [1.807, 2.05) is 35.1 Å². The Morgan fingerprint density at radius 2 is 2.25 bits per heavy atom. The van der Waals surface area contributed by atoms with E-state index in [0.29, 0.717) is 12.3 Å². The number of nitrogens with zero attached hydrogens (tertiary/aromatic N) is 2. The molecule has 0 radical (unpaired) electrons. The minimum Gasteiger partial charge on any atom is -0.493 e. The Morgan fingerprint density at radius 1 is 1.35 bits per heavy atom. The lowest BCUT2D eigenvalue weighted by Crippen LogP contribution is -2.07. The normalized spacial score (nSPS) is 10.4. The van der Waals surface area contributed by atoms with Gasteiger partial charge in [0.25, 0.3) is 0 Å². The first-order valence-electron chi connectivity index (χ1n) is 7.02. The number of nitrogens with one attached hydrogen (secondary N) is 1. The topological polar surface area (TPSA) is 65.1 Å². The van der Waals surface area contributed by atoms with Gasteiger partial charge in [0.05, 0.1) is 6.61 Å². The van der Waals surface area contributed by atoms with Crippen molar-refractivity contribution in [1.29, 1.82) is 0 Å². The maximum absolute atomic E-state index is 5.88. The van der Waals surface area contributed by atoms with E-state index in [-0.39, 0.29) is 0 Å². The molecule has 0 spiro atoms. The number of aromatic nitrogens is 2. The molecule has 0 atom stereocenters. The summed E-state index contributed by atoms with van der Waals surface area (Å²) < 4.78 is 7.54. The molecule has 0 saturated heterocycles. The quantitative estimate of drug-likeness (QED) is 0.574. The molecule has 0 fully saturated rings. The van der Waals surface area contributed by atoms with Crippen molar-refractivity contribution in [3.8, 4) is 5.75 Å². The number of aryl methyl sites for hydroxylation is 1. The molecule has 0 amide bonds. The number of hydrogen-bond donors (Lipinski definition) is 2. The Labute approximate surface area is 119 Å². The fourth-order valence-electron chi connectivity index (χ4n) is 1.93. The molecule has 0 saturated carbocycles. The van der Waals surface area contributed by atoms with Gasteiger partial charge in [-0.25, -0.2) is 0 Å². The molecule has 2 rings (SSSR count). The van der Waals surface area contributed by atoms with Crippen LogP contribution in [0.25, 0.3) is 0 Å². The zero-order chi connectivity index (χ0) is 14.2. The average molecular weight is 274 g/mol. The van der Waals surface area contributed by atoms with Crippen LogP contribution in [0.3, 0.4) is 0 Å². The van der Waals surface area contributed by atoms with Gasteiger partial charge in [0, 0.05) is 49.0 Å². The summed E-state index contributed by atoms with van der Waals surface area (Å²) in [4.78, 5) is 0. The second kappa shape index (κ2) is 7.43. The second-order valence-electron chi connectivity index (χ2n) is 4.69. The van der Waals surface area contributed by atoms with Crippen molar-refractivity contribution in [3.63, 3.8) is 0 Å². The highest BCUT2D eigenvalue weighted by atomic mass is 16.5. The van der Waals surface area contributed by atoms with E-state index in [9.17, 15) is 0 Å². The van der Waals surface area contributed by atoms with Gasteiger partial charge >= 0.3 is 0 Å². The maximum Gasteiger partial charge on any atom is 0.123 e. The van der Waals surface area contributed by atoms with Crippen LogP contribution in [0.2, 0.25) is 0 Å². The third kappa shape index (κ3) is 4.50. The molecule has 108 valence electrons. The maximum atomic E-state index is 5.88. The monoisotopic (exact) mass is 274 g/mol. The van der Waals surface area contributed by atoms with Crippen LogP contribution in [-0.4, -0.2) is 22.9 Å². The summed E-state index contributed by atoms with van der Waals surface area (Å²) >= 11 is 0. The molecule has 1 aromatic carbocycles. The number of nitrogen functional groups attached to an aromatic ring is 1.